The molecule has 0 aromatic heterocycles. The van der Waals surface area contributed by atoms with Crippen molar-refractivity contribution in [2.45, 2.75) is 53.1 Å². The van der Waals surface area contributed by atoms with Gasteiger partial charge >= 0.3 is 0 Å². The molecular formula is C21H39IN4O. The highest BCUT2D eigenvalue weighted by molar-refractivity contribution is 14.0. The van der Waals surface area contributed by atoms with Crippen LogP contribution in [0.1, 0.15) is 51.2 Å². The van der Waals surface area contributed by atoms with Gasteiger partial charge in [-0.1, -0.05) is 51.5 Å². The second kappa shape index (κ2) is 17.3. The lowest BCUT2D eigenvalue weighted by atomic mass is 10.1. The van der Waals surface area contributed by atoms with Crippen LogP contribution in [0.3, 0.4) is 0 Å². The summed E-state index contributed by atoms with van der Waals surface area (Å²) in [5.41, 5.74) is 2.70. The summed E-state index contributed by atoms with van der Waals surface area (Å²) in [6.07, 6.45) is 3.32. The average molecular weight is 490 g/mol. The lowest BCUT2D eigenvalue weighted by molar-refractivity contribution is 0.129. The quantitative estimate of drug-likeness (QED) is 0.190. The number of benzene rings is 1. The van der Waals surface area contributed by atoms with Gasteiger partial charge in [0, 0.05) is 39.9 Å². The van der Waals surface area contributed by atoms with Gasteiger partial charge in [0.1, 0.15) is 0 Å². The van der Waals surface area contributed by atoms with Crippen molar-refractivity contribution in [3.05, 3.63) is 35.4 Å². The third kappa shape index (κ3) is 11.5. The number of hydrogen-bond acceptors (Lipinski definition) is 3. The van der Waals surface area contributed by atoms with Gasteiger partial charge in [-0.3, -0.25) is 9.89 Å². The molecule has 0 saturated carbocycles. The van der Waals surface area contributed by atoms with Crippen molar-refractivity contribution in [3.63, 3.8) is 0 Å². The van der Waals surface area contributed by atoms with Crippen LogP contribution >= 0.6 is 24.0 Å². The van der Waals surface area contributed by atoms with Crippen LogP contribution < -0.4 is 10.6 Å². The number of nitrogens with one attached hydrogen (secondary N) is 2. The minimum Gasteiger partial charge on any atom is -0.381 e. The molecule has 0 atom stereocenters. The first-order chi connectivity index (χ1) is 12.7. The molecule has 0 heterocycles. The van der Waals surface area contributed by atoms with Crippen molar-refractivity contribution in [3.8, 4) is 0 Å². The fourth-order valence-corrected chi connectivity index (χ4v) is 2.70. The van der Waals surface area contributed by atoms with Crippen LogP contribution in [0.25, 0.3) is 0 Å². The van der Waals surface area contributed by atoms with Gasteiger partial charge in [-0.15, -0.1) is 24.0 Å². The van der Waals surface area contributed by atoms with E-state index < -0.39 is 0 Å². The van der Waals surface area contributed by atoms with Crippen LogP contribution in [-0.4, -0.2) is 50.8 Å². The molecule has 0 bridgehead atoms. The molecule has 27 heavy (non-hydrogen) atoms. The Morgan fingerprint density at radius 1 is 1.00 bits per heavy atom. The van der Waals surface area contributed by atoms with Gasteiger partial charge in [-0.25, -0.2) is 0 Å². The molecular weight excluding hydrogens is 451 g/mol. The van der Waals surface area contributed by atoms with E-state index in [1.807, 2.05) is 7.05 Å². The molecule has 6 heteroatoms. The Bertz CT molecular complexity index is 507. The summed E-state index contributed by atoms with van der Waals surface area (Å²) in [4.78, 5) is 6.75. The van der Waals surface area contributed by atoms with E-state index in [1.54, 1.807) is 0 Å². The van der Waals surface area contributed by atoms with E-state index in [-0.39, 0.29) is 24.0 Å². The highest BCUT2D eigenvalue weighted by Crippen LogP contribution is 2.11. The van der Waals surface area contributed by atoms with Gasteiger partial charge in [0.2, 0.25) is 0 Å². The maximum Gasteiger partial charge on any atom is 0.191 e. The minimum absolute atomic E-state index is 0. The molecule has 0 aliphatic carbocycles. The standard InChI is InChI=1S/C21H38N4O.HI/c1-5-8-15-26-16-11-14-23-21(22-4)24-17-19-12-9-10-13-20(19)18-25(6-2)7-3;/h9-10,12-13H,5-8,11,14-18H2,1-4H3,(H2,22,23,24);1H. The highest BCUT2D eigenvalue weighted by Gasteiger charge is 2.07. The van der Waals surface area contributed by atoms with Gasteiger partial charge in [-0.2, -0.15) is 0 Å². The van der Waals surface area contributed by atoms with Crippen molar-refractivity contribution < 1.29 is 4.74 Å². The molecule has 0 fully saturated rings. The molecule has 0 spiro atoms. The molecule has 0 aliphatic heterocycles. The average Bonchev–Trinajstić information content (AvgIpc) is 2.68. The van der Waals surface area contributed by atoms with Crippen LogP contribution in [0, 0.1) is 0 Å². The summed E-state index contributed by atoms with van der Waals surface area (Å²) in [5, 5.41) is 6.79. The third-order valence-corrected chi connectivity index (χ3v) is 4.48. The zero-order chi connectivity index (χ0) is 19.0. The number of rotatable bonds is 13. The van der Waals surface area contributed by atoms with Gasteiger partial charge in [0.25, 0.3) is 0 Å². The zero-order valence-corrected chi connectivity index (χ0v) is 19.9. The number of ether oxygens (including phenoxy) is 1. The normalized spacial score (nSPS) is 11.4. The summed E-state index contributed by atoms with van der Waals surface area (Å²) in [6.45, 7) is 13.1. The Hall–Kier alpha value is -0.860. The van der Waals surface area contributed by atoms with Crippen LogP contribution in [0.2, 0.25) is 0 Å². The summed E-state index contributed by atoms with van der Waals surface area (Å²) >= 11 is 0. The first-order valence-electron chi connectivity index (χ1n) is 10.1. The van der Waals surface area contributed by atoms with E-state index in [1.165, 1.54) is 17.5 Å². The fraction of sp³-hybridized carbons (Fsp3) is 0.667. The summed E-state index contributed by atoms with van der Waals surface area (Å²) in [6, 6.07) is 8.64. The predicted octanol–water partition coefficient (Wildman–Crippen LogP) is 4.02. The molecule has 5 nitrogen and oxygen atoms in total. The largest absolute Gasteiger partial charge is 0.381 e. The van der Waals surface area contributed by atoms with Gasteiger partial charge in [-0.05, 0) is 37.1 Å². The SMILES string of the molecule is CCCCOCCCNC(=NC)NCc1ccccc1CN(CC)CC.I. The van der Waals surface area contributed by atoms with E-state index in [9.17, 15) is 0 Å². The first-order valence-corrected chi connectivity index (χ1v) is 10.1. The molecule has 0 amide bonds. The molecule has 1 aromatic carbocycles. The Kier molecular flexibility index (Phi) is 16.7. The Labute approximate surface area is 183 Å². The smallest absolute Gasteiger partial charge is 0.191 e. The van der Waals surface area contributed by atoms with Crippen molar-refractivity contribution >= 4 is 29.9 Å². The molecule has 1 aromatic rings. The third-order valence-electron chi connectivity index (χ3n) is 4.48. The minimum atomic E-state index is 0. The molecule has 0 radical (unpaired) electrons. The van der Waals surface area contributed by atoms with Crippen molar-refractivity contribution in [2.75, 3.05) is 39.9 Å². The van der Waals surface area contributed by atoms with Gasteiger partial charge in [0.15, 0.2) is 5.96 Å². The van der Waals surface area contributed by atoms with E-state index in [4.69, 9.17) is 4.74 Å². The lowest BCUT2D eigenvalue weighted by Gasteiger charge is -2.20. The molecule has 0 aliphatic rings. The van der Waals surface area contributed by atoms with Crippen LogP contribution in [0.5, 0.6) is 0 Å². The monoisotopic (exact) mass is 490 g/mol. The molecule has 0 saturated heterocycles. The number of hydrogen-bond donors (Lipinski definition) is 2. The maximum atomic E-state index is 5.59. The summed E-state index contributed by atoms with van der Waals surface area (Å²) < 4.78 is 5.59. The number of unbranched alkanes of at least 4 members (excludes halogenated alkanes) is 1. The number of nitrogens with zero attached hydrogens (tertiary/aromatic N) is 2. The van der Waals surface area contributed by atoms with Crippen molar-refractivity contribution in [2.24, 2.45) is 4.99 Å². The zero-order valence-electron chi connectivity index (χ0n) is 17.6. The second-order valence-electron chi connectivity index (χ2n) is 6.40. The number of guanidine groups is 1. The van der Waals surface area contributed by atoms with Gasteiger partial charge in [0.05, 0.1) is 0 Å². The van der Waals surface area contributed by atoms with E-state index in [0.29, 0.717) is 0 Å². The highest BCUT2D eigenvalue weighted by atomic mass is 127. The number of halogens is 1. The number of aliphatic imine (C=N–C) groups is 1. The molecule has 156 valence electrons. The Morgan fingerprint density at radius 2 is 1.67 bits per heavy atom. The molecule has 0 unspecified atom stereocenters. The van der Waals surface area contributed by atoms with Crippen molar-refractivity contribution in [1.29, 1.82) is 0 Å². The van der Waals surface area contributed by atoms with E-state index >= 15 is 0 Å². The topological polar surface area (TPSA) is 48.9 Å². The Balaban J connectivity index is 0.00000676. The maximum absolute atomic E-state index is 5.59. The predicted molar refractivity (Wildman–Crippen MR) is 127 cm³/mol. The second-order valence-corrected chi connectivity index (χ2v) is 6.40. The lowest BCUT2D eigenvalue weighted by Crippen LogP contribution is -2.37. The molecule has 2 N–H and O–H groups in total. The van der Waals surface area contributed by atoms with Crippen LogP contribution in [0.15, 0.2) is 29.3 Å². The van der Waals surface area contributed by atoms with E-state index in [2.05, 4.69) is 65.6 Å². The van der Waals surface area contributed by atoms with Crippen LogP contribution in [0.4, 0.5) is 0 Å². The summed E-state index contributed by atoms with van der Waals surface area (Å²) in [7, 11) is 1.81. The Morgan fingerprint density at radius 3 is 2.30 bits per heavy atom. The van der Waals surface area contributed by atoms with Gasteiger partial charge < -0.3 is 15.4 Å². The molecule has 1 rings (SSSR count). The van der Waals surface area contributed by atoms with E-state index in [0.717, 1.165) is 64.7 Å². The van der Waals surface area contributed by atoms with Crippen LogP contribution in [-0.2, 0) is 17.8 Å². The van der Waals surface area contributed by atoms with Crippen molar-refractivity contribution in [1.82, 2.24) is 15.5 Å². The first kappa shape index (κ1) is 26.1. The fourth-order valence-electron chi connectivity index (χ4n) is 2.70. The summed E-state index contributed by atoms with van der Waals surface area (Å²) in [5.74, 6) is 0.844.